The molecule has 310 valence electrons. The van der Waals surface area contributed by atoms with Crippen molar-refractivity contribution in [1.82, 2.24) is 0 Å². The van der Waals surface area contributed by atoms with Gasteiger partial charge in [0.1, 0.15) is 17.2 Å². The number of rotatable bonds is 13. The number of hydrogen-bond donors (Lipinski definition) is 1. The Morgan fingerprint density at radius 1 is 0.525 bits per heavy atom. The van der Waals surface area contributed by atoms with Gasteiger partial charge in [-0.3, -0.25) is 4.79 Å². The molecule has 0 aliphatic heterocycles. The maximum atomic E-state index is 11.2. The van der Waals surface area contributed by atoms with Crippen molar-refractivity contribution < 1.29 is 37.9 Å². The van der Waals surface area contributed by atoms with E-state index in [-0.39, 0.29) is 13.0 Å². The summed E-state index contributed by atoms with van der Waals surface area (Å²) < 4.78 is 19.4. The monoisotopic (exact) mass is 814 g/mol. The zero-order chi connectivity index (χ0) is 43.0. The molecule has 61 heavy (non-hydrogen) atoms. The summed E-state index contributed by atoms with van der Waals surface area (Å²) >= 11 is 0. The fraction of sp³-hybridized carbons (Fsp3) is 0.245. The molecule has 0 saturated heterocycles. The van der Waals surface area contributed by atoms with E-state index in [2.05, 4.69) is 89.6 Å². The fourth-order valence-electron chi connectivity index (χ4n) is 5.65. The van der Waals surface area contributed by atoms with Crippen molar-refractivity contribution >= 4 is 12.4 Å². The maximum Gasteiger partial charge on any atom is 0.335 e. The molecule has 0 bridgehead atoms. The number of benzene rings is 5. The van der Waals surface area contributed by atoms with Crippen LogP contribution in [-0.2, 0) is 4.79 Å². The third kappa shape index (κ3) is 16.2. The van der Waals surface area contributed by atoms with Crippen LogP contribution in [0, 0.1) is 47.4 Å². The van der Waals surface area contributed by atoms with Gasteiger partial charge >= 0.3 is 5.97 Å². The molecule has 0 amide bonds. The van der Waals surface area contributed by atoms with E-state index in [0.29, 0.717) is 48.1 Å². The summed E-state index contributed by atoms with van der Waals surface area (Å²) in [5.41, 5.74) is 6.46. The van der Waals surface area contributed by atoms with Gasteiger partial charge in [0.25, 0.3) is 6.47 Å². The number of carbonyl (C=O) groups is 2. The van der Waals surface area contributed by atoms with Gasteiger partial charge < -0.3 is 28.3 Å². The van der Waals surface area contributed by atoms with Crippen LogP contribution >= 0.6 is 0 Å². The lowest BCUT2D eigenvalue weighted by Crippen LogP contribution is -2.36. The molecule has 0 unspecified atom stereocenters. The van der Waals surface area contributed by atoms with Crippen LogP contribution in [0.2, 0.25) is 0 Å². The zero-order valence-electron chi connectivity index (χ0n) is 35.1. The number of hydrogen-bond acceptors (Lipinski definition) is 5. The smallest absolute Gasteiger partial charge is 0.335 e. The molecule has 0 radical (unpaired) electrons. The standard InChI is InChI=1S/C52H49N2O6.CH4/c1-53(2,3)33-7-35-58-50-38-48(30-24-43-17-11-41(12-18-43)14-20-45-25-31-49(32-26-45)60-39-55)51(59-36-8-34-54(4,5)6)37-47(50)29-23-42-15-9-40(10-16-42)13-19-44-21-27-46(28-22-44)52(56)57;/h9-12,15-18,21-22,25-28,31-32,37-39H,7-8,33-36H2,1-6H3;1H4/q+1;/p+1. The molecular formula is C53H54N2O6+2. The largest absolute Gasteiger partial charge is 0.492 e. The third-order valence-corrected chi connectivity index (χ3v) is 8.87. The van der Waals surface area contributed by atoms with Crippen molar-refractivity contribution in [2.45, 2.75) is 20.3 Å². The van der Waals surface area contributed by atoms with Crippen LogP contribution in [0.3, 0.4) is 0 Å². The number of carboxylic acids is 1. The molecule has 8 nitrogen and oxygen atoms in total. The normalized spacial score (nSPS) is 10.4. The second-order valence-corrected chi connectivity index (χ2v) is 16.1. The van der Waals surface area contributed by atoms with E-state index in [4.69, 9.17) is 19.3 Å². The summed E-state index contributed by atoms with van der Waals surface area (Å²) in [6, 6.07) is 32.8. The quantitative estimate of drug-likeness (QED) is 0.0561. The lowest BCUT2D eigenvalue weighted by Gasteiger charge is -2.24. The lowest BCUT2D eigenvalue weighted by atomic mass is 10.1. The number of nitrogens with zero attached hydrogens (tertiary/aromatic N) is 2. The van der Waals surface area contributed by atoms with Gasteiger partial charge in [0.05, 0.1) is 85.3 Å². The zero-order valence-corrected chi connectivity index (χ0v) is 35.1. The summed E-state index contributed by atoms with van der Waals surface area (Å²) in [5, 5.41) is 9.15. The third-order valence-electron chi connectivity index (χ3n) is 8.87. The molecule has 0 fully saturated rings. The first-order chi connectivity index (χ1) is 28.7. The average molecular weight is 815 g/mol. The van der Waals surface area contributed by atoms with Crippen molar-refractivity contribution in [2.24, 2.45) is 0 Å². The topological polar surface area (TPSA) is 82.1 Å². The lowest BCUT2D eigenvalue weighted by molar-refractivity contribution is -0.870. The predicted molar refractivity (Wildman–Crippen MR) is 243 cm³/mol. The van der Waals surface area contributed by atoms with Crippen LogP contribution in [0.1, 0.15) is 75.1 Å². The number of carboxylic acid groups (broad SMARTS) is 1. The summed E-state index contributed by atoms with van der Waals surface area (Å²) in [7, 11) is 13.0. The van der Waals surface area contributed by atoms with Gasteiger partial charge in [0, 0.05) is 58.4 Å². The molecule has 5 aromatic carbocycles. The van der Waals surface area contributed by atoms with E-state index in [1.807, 2.05) is 60.7 Å². The molecule has 0 aliphatic rings. The SMILES string of the molecule is C.C[N+](C)(C)CCCOc1cc(C#Cc2ccc(C#Cc3ccc(C(=O)O)cc3)cc2)c(OCCC[N+](C)(C)C)cc1C#Cc1ccc(C#Cc2ccc(OC=O)cc2)cc1. The number of carbonyl (C=O) groups excluding carboxylic acids is 1. The molecule has 0 saturated carbocycles. The van der Waals surface area contributed by atoms with E-state index in [1.54, 1.807) is 48.5 Å². The number of quaternary nitrogens is 2. The minimum atomic E-state index is -0.968. The highest BCUT2D eigenvalue weighted by molar-refractivity contribution is 5.87. The van der Waals surface area contributed by atoms with E-state index in [0.717, 1.165) is 68.3 Å². The summed E-state index contributed by atoms with van der Waals surface area (Å²) in [6.45, 7) is 3.34. The van der Waals surface area contributed by atoms with Gasteiger partial charge in [-0.05, 0) is 97.1 Å². The Kier molecular flexibility index (Phi) is 17.0. The van der Waals surface area contributed by atoms with Crippen LogP contribution in [0.4, 0.5) is 0 Å². The van der Waals surface area contributed by atoms with Gasteiger partial charge in [-0.15, -0.1) is 0 Å². The van der Waals surface area contributed by atoms with Gasteiger partial charge in [-0.1, -0.05) is 54.8 Å². The van der Waals surface area contributed by atoms with Crippen molar-refractivity contribution in [3.8, 4) is 64.6 Å². The van der Waals surface area contributed by atoms with Gasteiger partial charge in [-0.2, -0.15) is 0 Å². The molecule has 0 aliphatic carbocycles. The first kappa shape index (κ1) is 46.5. The van der Waals surface area contributed by atoms with Crippen molar-refractivity contribution in [3.05, 3.63) is 159 Å². The molecule has 8 heteroatoms. The first-order valence-electron chi connectivity index (χ1n) is 19.6. The Hall–Kier alpha value is -7.20. The van der Waals surface area contributed by atoms with Crippen LogP contribution < -0.4 is 14.2 Å². The summed E-state index contributed by atoms with van der Waals surface area (Å²) in [4.78, 5) is 21.7. The van der Waals surface area contributed by atoms with Crippen molar-refractivity contribution in [3.63, 3.8) is 0 Å². The van der Waals surface area contributed by atoms with Gasteiger partial charge in [0.2, 0.25) is 0 Å². The maximum absolute atomic E-state index is 11.2. The highest BCUT2D eigenvalue weighted by atomic mass is 16.5. The van der Waals surface area contributed by atoms with Crippen LogP contribution in [-0.4, -0.2) is 95.1 Å². The Labute approximate surface area is 361 Å². The summed E-state index contributed by atoms with van der Waals surface area (Å²) in [5.74, 6) is 26.6. The van der Waals surface area contributed by atoms with E-state index in [9.17, 15) is 9.59 Å². The number of ether oxygens (including phenoxy) is 3. The molecular weight excluding hydrogens is 761 g/mol. The summed E-state index contributed by atoms with van der Waals surface area (Å²) in [6.07, 6.45) is 1.73. The van der Waals surface area contributed by atoms with Gasteiger partial charge in [0.15, 0.2) is 0 Å². The second kappa shape index (κ2) is 22.2. The van der Waals surface area contributed by atoms with Crippen molar-refractivity contribution in [2.75, 3.05) is 68.6 Å². The van der Waals surface area contributed by atoms with E-state index >= 15 is 0 Å². The van der Waals surface area contributed by atoms with Crippen LogP contribution in [0.5, 0.6) is 17.2 Å². The average Bonchev–Trinajstić information content (AvgIpc) is 3.22. The fourth-order valence-corrected chi connectivity index (χ4v) is 5.65. The molecule has 0 spiro atoms. The second-order valence-electron chi connectivity index (χ2n) is 16.1. The minimum Gasteiger partial charge on any atom is -0.492 e. The highest BCUT2D eigenvalue weighted by Gasteiger charge is 2.14. The predicted octanol–water partition coefficient (Wildman–Crippen LogP) is 8.11. The number of aromatic carboxylic acids is 1. The molecule has 0 heterocycles. The molecule has 1 N–H and O–H groups in total. The van der Waals surface area contributed by atoms with Crippen molar-refractivity contribution in [1.29, 1.82) is 0 Å². The minimum absolute atomic E-state index is 0. The first-order valence-corrected chi connectivity index (χ1v) is 19.6. The van der Waals surface area contributed by atoms with E-state index in [1.165, 1.54) is 0 Å². The molecule has 0 atom stereocenters. The van der Waals surface area contributed by atoms with Crippen LogP contribution in [0.25, 0.3) is 0 Å². The highest BCUT2D eigenvalue weighted by Crippen LogP contribution is 2.29. The Bertz CT molecular complexity index is 2520. The Morgan fingerprint density at radius 3 is 1.15 bits per heavy atom. The Morgan fingerprint density at radius 2 is 0.836 bits per heavy atom. The molecule has 5 rings (SSSR count). The van der Waals surface area contributed by atoms with Gasteiger partial charge in [-0.25, -0.2) is 4.79 Å². The molecule has 5 aromatic rings. The molecule has 0 aromatic heterocycles. The van der Waals surface area contributed by atoms with Crippen LogP contribution in [0.15, 0.2) is 109 Å². The Balaban J connectivity index is 0.00000819. The van der Waals surface area contributed by atoms with E-state index < -0.39 is 5.97 Å².